The number of carboxylic acid groups (broad SMARTS) is 1. The highest BCUT2D eigenvalue weighted by Crippen LogP contribution is 2.39. The van der Waals surface area contributed by atoms with Crippen LogP contribution in [0.5, 0.6) is 5.75 Å². The van der Waals surface area contributed by atoms with Crippen molar-refractivity contribution in [2.45, 2.75) is 82.9 Å². The van der Waals surface area contributed by atoms with Crippen LogP contribution in [0.25, 0.3) is 10.8 Å². The van der Waals surface area contributed by atoms with E-state index < -0.39 is 5.97 Å². The number of rotatable bonds is 6. The van der Waals surface area contributed by atoms with E-state index in [0.717, 1.165) is 73.9 Å². The Kier molecular flexibility index (Phi) is 6.29. The summed E-state index contributed by atoms with van der Waals surface area (Å²) in [7, 11) is 0. The molecule has 0 radical (unpaired) electrons. The third kappa shape index (κ3) is 4.59. The molecule has 3 aliphatic rings. The van der Waals surface area contributed by atoms with Crippen LogP contribution in [0, 0.1) is 23.2 Å². The summed E-state index contributed by atoms with van der Waals surface area (Å²) in [5.41, 5.74) is 1.87. The fourth-order valence-corrected chi connectivity index (χ4v) is 6.34. The van der Waals surface area contributed by atoms with Crippen molar-refractivity contribution in [2.75, 3.05) is 6.54 Å². The lowest BCUT2D eigenvalue weighted by atomic mass is 9.89. The molecule has 2 unspecified atom stereocenters. The molecule has 2 aromatic rings. The minimum Gasteiger partial charge on any atom is -0.489 e. The molecular weight excluding hydrogens is 412 g/mol. The predicted octanol–water partition coefficient (Wildman–Crippen LogP) is 5.54. The van der Waals surface area contributed by atoms with Gasteiger partial charge in [-0.25, -0.2) is 0 Å². The van der Waals surface area contributed by atoms with Crippen molar-refractivity contribution >= 4 is 16.7 Å². The maximum absolute atomic E-state index is 11.5. The van der Waals surface area contributed by atoms with Gasteiger partial charge < -0.3 is 9.84 Å². The van der Waals surface area contributed by atoms with Gasteiger partial charge in [-0.3, -0.25) is 9.69 Å². The van der Waals surface area contributed by atoms with Crippen molar-refractivity contribution in [3.8, 4) is 11.8 Å². The van der Waals surface area contributed by atoms with Crippen LogP contribution in [0.4, 0.5) is 0 Å². The minimum absolute atomic E-state index is 0.177. The van der Waals surface area contributed by atoms with Crippen molar-refractivity contribution in [1.29, 1.82) is 5.26 Å². The zero-order valence-electron chi connectivity index (χ0n) is 19.5. The molecule has 0 spiro atoms. The average molecular weight is 447 g/mol. The van der Waals surface area contributed by atoms with Gasteiger partial charge in [-0.05, 0) is 86.8 Å². The Labute approximate surface area is 196 Å². The zero-order chi connectivity index (χ0) is 22.9. The van der Waals surface area contributed by atoms with Crippen LogP contribution >= 0.6 is 0 Å². The van der Waals surface area contributed by atoms with Gasteiger partial charge >= 0.3 is 5.97 Å². The van der Waals surface area contributed by atoms with Gasteiger partial charge in [0.2, 0.25) is 0 Å². The Balaban J connectivity index is 1.31. The fourth-order valence-electron chi connectivity index (χ4n) is 6.34. The first-order chi connectivity index (χ1) is 16.0. The molecule has 2 saturated heterocycles. The highest BCUT2D eigenvalue weighted by Gasteiger charge is 2.42. The summed E-state index contributed by atoms with van der Waals surface area (Å²) in [6.07, 6.45) is 9.42. The molecule has 5 rings (SSSR count). The van der Waals surface area contributed by atoms with E-state index in [9.17, 15) is 15.2 Å². The second-order valence-corrected chi connectivity index (χ2v) is 10.5. The van der Waals surface area contributed by atoms with E-state index in [1.807, 2.05) is 6.07 Å². The van der Waals surface area contributed by atoms with Crippen molar-refractivity contribution < 1.29 is 14.6 Å². The first-order valence-corrected chi connectivity index (χ1v) is 12.6. The number of carbonyl (C=O) groups is 1. The molecule has 1 aliphatic carbocycles. The lowest BCUT2D eigenvalue weighted by Gasteiger charge is -2.37. The van der Waals surface area contributed by atoms with Crippen LogP contribution in [-0.4, -0.2) is 40.7 Å². The largest absolute Gasteiger partial charge is 0.489 e. The van der Waals surface area contributed by atoms with Crippen molar-refractivity contribution in [3.05, 3.63) is 41.5 Å². The van der Waals surface area contributed by atoms with E-state index in [-0.39, 0.29) is 12.0 Å². The van der Waals surface area contributed by atoms with Crippen LogP contribution in [0.3, 0.4) is 0 Å². The first-order valence-electron chi connectivity index (χ1n) is 12.6. The van der Waals surface area contributed by atoms with Gasteiger partial charge in [-0.1, -0.05) is 25.1 Å². The Morgan fingerprint density at radius 3 is 2.45 bits per heavy atom. The number of fused-ring (bicyclic) bond motifs is 3. The highest BCUT2D eigenvalue weighted by atomic mass is 16.5. The Morgan fingerprint density at radius 2 is 1.79 bits per heavy atom. The number of hydrogen-bond acceptors (Lipinski definition) is 4. The smallest absolute Gasteiger partial charge is 0.306 e. The molecule has 33 heavy (non-hydrogen) atoms. The summed E-state index contributed by atoms with van der Waals surface area (Å²) < 4.78 is 6.32. The van der Waals surface area contributed by atoms with E-state index in [0.29, 0.717) is 17.6 Å². The second-order valence-electron chi connectivity index (χ2n) is 10.5. The van der Waals surface area contributed by atoms with Crippen LogP contribution in [0.2, 0.25) is 0 Å². The number of carboxylic acids is 1. The fraction of sp³-hybridized carbons (Fsp3) is 0.571. The van der Waals surface area contributed by atoms with Crippen LogP contribution < -0.4 is 4.74 Å². The molecule has 2 aliphatic heterocycles. The summed E-state index contributed by atoms with van der Waals surface area (Å²) in [5, 5.41) is 21.4. The summed E-state index contributed by atoms with van der Waals surface area (Å²) in [5.74, 6) is 0.675. The molecule has 2 bridgehead atoms. The van der Waals surface area contributed by atoms with Gasteiger partial charge in [0.15, 0.2) is 0 Å². The SMILES string of the molecule is CC1CCC(Oc2ccc3ccc(CCN4C5CCC4CC(C(=O)O)C5)cc3c2C#N)CC1. The van der Waals surface area contributed by atoms with Gasteiger partial charge in [0, 0.05) is 24.0 Å². The molecule has 5 heteroatoms. The Morgan fingerprint density at radius 1 is 1.09 bits per heavy atom. The third-order valence-electron chi connectivity index (χ3n) is 8.31. The van der Waals surface area contributed by atoms with Gasteiger partial charge in [0.25, 0.3) is 0 Å². The quantitative estimate of drug-likeness (QED) is 0.631. The second kappa shape index (κ2) is 9.35. The summed E-state index contributed by atoms with van der Waals surface area (Å²) in [4.78, 5) is 14.0. The number of ether oxygens (including phenoxy) is 1. The van der Waals surface area contributed by atoms with Gasteiger partial charge in [0.05, 0.1) is 12.0 Å². The van der Waals surface area contributed by atoms with Gasteiger partial charge in [-0.2, -0.15) is 5.26 Å². The van der Waals surface area contributed by atoms with E-state index in [1.54, 1.807) is 0 Å². The van der Waals surface area contributed by atoms with Gasteiger partial charge in [0.1, 0.15) is 17.4 Å². The predicted molar refractivity (Wildman–Crippen MR) is 128 cm³/mol. The summed E-state index contributed by atoms with van der Waals surface area (Å²) >= 11 is 0. The zero-order valence-corrected chi connectivity index (χ0v) is 19.5. The van der Waals surface area contributed by atoms with Crippen LogP contribution in [0.15, 0.2) is 30.3 Å². The molecule has 0 amide bonds. The minimum atomic E-state index is -0.633. The number of benzene rings is 2. The maximum Gasteiger partial charge on any atom is 0.306 e. The molecule has 1 N–H and O–H groups in total. The number of nitrogens with zero attached hydrogens (tertiary/aromatic N) is 2. The average Bonchev–Trinajstić information content (AvgIpc) is 3.05. The van der Waals surface area contributed by atoms with Crippen molar-refractivity contribution in [1.82, 2.24) is 4.90 Å². The standard InChI is InChI=1S/C28H34N2O3/c1-18-2-9-24(10-3-18)33-27-11-6-20-5-4-19(14-25(20)26(27)17-29)12-13-30-22-7-8-23(30)16-21(15-22)28(31)32/h4-6,11,14,18,21-24H,2-3,7-10,12-13,15-16H2,1H3,(H,31,32). The monoisotopic (exact) mass is 446 g/mol. The molecule has 1 saturated carbocycles. The molecule has 174 valence electrons. The van der Waals surface area contributed by atoms with E-state index in [1.165, 1.54) is 18.4 Å². The first kappa shape index (κ1) is 22.2. The molecule has 3 fully saturated rings. The van der Waals surface area contributed by atoms with Crippen LogP contribution in [0.1, 0.15) is 69.4 Å². The highest BCUT2D eigenvalue weighted by molar-refractivity contribution is 5.90. The molecule has 0 aromatic heterocycles. The lowest BCUT2D eigenvalue weighted by Crippen LogP contribution is -2.45. The molecule has 5 nitrogen and oxygen atoms in total. The third-order valence-corrected chi connectivity index (χ3v) is 8.31. The number of nitriles is 1. The van der Waals surface area contributed by atoms with E-state index in [4.69, 9.17) is 4.74 Å². The Bertz CT molecular complexity index is 1050. The van der Waals surface area contributed by atoms with E-state index >= 15 is 0 Å². The summed E-state index contributed by atoms with van der Waals surface area (Å²) in [6.45, 7) is 3.25. The van der Waals surface area contributed by atoms with Crippen molar-refractivity contribution in [2.24, 2.45) is 11.8 Å². The Hall–Kier alpha value is -2.58. The normalized spacial score (nSPS) is 29.6. The molecule has 2 heterocycles. The summed E-state index contributed by atoms with van der Waals surface area (Å²) in [6, 6.07) is 13.7. The molecule has 2 atom stereocenters. The number of hydrogen-bond donors (Lipinski definition) is 1. The maximum atomic E-state index is 11.5. The van der Waals surface area contributed by atoms with E-state index in [2.05, 4.69) is 42.2 Å². The van der Waals surface area contributed by atoms with Crippen molar-refractivity contribution in [3.63, 3.8) is 0 Å². The lowest BCUT2D eigenvalue weighted by molar-refractivity contribution is -0.144. The number of aliphatic carboxylic acids is 1. The topological polar surface area (TPSA) is 73.6 Å². The molecule has 2 aromatic carbocycles. The number of piperidine rings is 1. The van der Waals surface area contributed by atoms with Crippen LogP contribution in [-0.2, 0) is 11.2 Å². The van der Waals surface area contributed by atoms with Gasteiger partial charge in [-0.15, -0.1) is 0 Å². The molecular formula is C28H34N2O3.